The van der Waals surface area contributed by atoms with E-state index in [4.69, 9.17) is 0 Å². The van der Waals surface area contributed by atoms with E-state index in [1.54, 1.807) is 17.8 Å². The summed E-state index contributed by atoms with van der Waals surface area (Å²) in [6.45, 7) is 5.70. The normalized spacial score (nSPS) is 10.7. The Bertz CT molecular complexity index is 537. The molecule has 0 amide bonds. The molecule has 19 heavy (non-hydrogen) atoms. The number of halogens is 1. The predicted octanol–water partition coefficient (Wildman–Crippen LogP) is 4.39. The topological polar surface area (TPSA) is 12.0 Å². The molecule has 0 bridgehead atoms. The molecule has 0 fully saturated rings. The van der Waals surface area contributed by atoms with E-state index in [0.717, 1.165) is 17.0 Å². The van der Waals surface area contributed by atoms with Gasteiger partial charge in [-0.15, -0.1) is 0 Å². The molecule has 2 aromatic carbocycles. The zero-order chi connectivity index (χ0) is 13.7. The first-order valence-electron chi connectivity index (χ1n) is 6.42. The lowest BCUT2D eigenvalue weighted by atomic mass is 10.2. The number of nitrogens with one attached hydrogen (secondary N) is 1. The smallest absolute Gasteiger partial charge is 0.123 e. The third-order valence-corrected chi connectivity index (χ3v) is 3.96. The third kappa shape index (κ3) is 4.08. The molecule has 0 aromatic heterocycles. The van der Waals surface area contributed by atoms with Crippen LogP contribution in [0.1, 0.15) is 18.1 Å². The molecule has 1 N–H and O–H groups in total. The van der Waals surface area contributed by atoms with Gasteiger partial charge in [-0.05, 0) is 49.4 Å². The molecule has 0 unspecified atom stereocenters. The minimum atomic E-state index is -0.179. The molecule has 3 heteroatoms. The maximum absolute atomic E-state index is 13.3. The number of aryl methyl sites for hydroxylation is 1. The van der Waals surface area contributed by atoms with Crippen molar-refractivity contribution in [3.05, 3.63) is 59.4 Å². The summed E-state index contributed by atoms with van der Waals surface area (Å²) >= 11 is 1.68. The third-order valence-electron chi connectivity index (χ3n) is 2.84. The first kappa shape index (κ1) is 14.1. The highest BCUT2D eigenvalue weighted by Gasteiger charge is 2.06. The van der Waals surface area contributed by atoms with Gasteiger partial charge in [-0.25, -0.2) is 4.39 Å². The van der Waals surface area contributed by atoms with Crippen molar-refractivity contribution in [1.82, 2.24) is 5.32 Å². The summed E-state index contributed by atoms with van der Waals surface area (Å²) in [5, 5.41) is 3.25. The predicted molar refractivity (Wildman–Crippen MR) is 79.1 cm³/mol. The molecule has 0 aliphatic rings. The first-order valence-corrected chi connectivity index (χ1v) is 7.24. The largest absolute Gasteiger partial charge is 0.313 e. The number of hydrogen-bond donors (Lipinski definition) is 1. The second-order valence-electron chi connectivity index (χ2n) is 4.45. The molecular formula is C16H18FNS. The van der Waals surface area contributed by atoms with Crippen LogP contribution in [0.3, 0.4) is 0 Å². The van der Waals surface area contributed by atoms with Gasteiger partial charge in [0.1, 0.15) is 5.82 Å². The minimum absolute atomic E-state index is 0.179. The van der Waals surface area contributed by atoms with Gasteiger partial charge in [0.2, 0.25) is 0 Å². The van der Waals surface area contributed by atoms with Gasteiger partial charge in [0, 0.05) is 16.3 Å². The quantitative estimate of drug-likeness (QED) is 0.868. The first-order chi connectivity index (χ1) is 9.19. The Balaban J connectivity index is 2.20. The lowest BCUT2D eigenvalue weighted by molar-refractivity contribution is 0.619. The fourth-order valence-electron chi connectivity index (χ4n) is 1.78. The zero-order valence-electron chi connectivity index (χ0n) is 11.2. The van der Waals surface area contributed by atoms with Crippen LogP contribution in [0.5, 0.6) is 0 Å². The summed E-state index contributed by atoms with van der Waals surface area (Å²) in [7, 11) is 0. The van der Waals surface area contributed by atoms with E-state index >= 15 is 0 Å². The zero-order valence-corrected chi connectivity index (χ0v) is 12.1. The molecule has 1 nitrogen and oxygen atoms in total. The Morgan fingerprint density at radius 3 is 2.53 bits per heavy atom. The van der Waals surface area contributed by atoms with E-state index in [9.17, 15) is 4.39 Å². The van der Waals surface area contributed by atoms with Crippen molar-refractivity contribution in [2.24, 2.45) is 0 Å². The molecule has 2 aromatic rings. The maximum atomic E-state index is 13.3. The monoisotopic (exact) mass is 275 g/mol. The van der Waals surface area contributed by atoms with Crippen molar-refractivity contribution in [1.29, 1.82) is 0 Å². The molecule has 0 saturated carbocycles. The van der Waals surface area contributed by atoms with Crippen LogP contribution in [-0.2, 0) is 6.54 Å². The number of hydrogen-bond acceptors (Lipinski definition) is 2. The van der Waals surface area contributed by atoms with Crippen molar-refractivity contribution >= 4 is 11.8 Å². The van der Waals surface area contributed by atoms with Crippen molar-refractivity contribution in [2.45, 2.75) is 30.2 Å². The Morgan fingerprint density at radius 1 is 1.11 bits per heavy atom. The fraction of sp³-hybridized carbons (Fsp3) is 0.250. The average Bonchev–Trinajstić information content (AvgIpc) is 2.41. The molecular weight excluding hydrogens is 257 g/mol. The summed E-state index contributed by atoms with van der Waals surface area (Å²) in [6.07, 6.45) is 0. The fourth-order valence-corrected chi connectivity index (χ4v) is 2.70. The second-order valence-corrected chi connectivity index (χ2v) is 5.56. The van der Waals surface area contributed by atoms with Gasteiger partial charge < -0.3 is 5.32 Å². The maximum Gasteiger partial charge on any atom is 0.123 e. The lowest BCUT2D eigenvalue weighted by Crippen LogP contribution is -2.12. The highest BCUT2D eigenvalue weighted by molar-refractivity contribution is 7.99. The van der Waals surface area contributed by atoms with Crippen molar-refractivity contribution in [3.8, 4) is 0 Å². The Morgan fingerprint density at radius 2 is 1.84 bits per heavy atom. The Kier molecular flexibility index (Phi) is 5.00. The summed E-state index contributed by atoms with van der Waals surface area (Å²) in [5.41, 5.74) is 2.25. The summed E-state index contributed by atoms with van der Waals surface area (Å²) < 4.78 is 13.3. The molecule has 0 spiro atoms. The minimum Gasteiger partial charge on any atom is -0.313 e. The van der Waals surface area contributed by atoms with Crippen LogP contribution < -0.4 is 5.32 Å². The van der Waals surface area contributed by atoms with Crippen LogP contribution >= 0.6 is 11.8 Å². The molecule has 0 radical (unpaired) electrons. The number of benzene rings is 2. The van der Waals surface area contributed by atoms with E-state index < -0.39 is 0 Å². The van der Waals surface area contributed by atoms with Gasteiger partial charge in [0.15, 0.2) is 0 Å². The van der Waals surface area contributed by atoms with E-state index in [-0.39, 0.29) is 5.82 Å². The van der Waals surface area contributed by atoms with Crippen LogP contribution in [0.25, 0.3) is 0 Å². The van der Waals surface area contributed by atoms with Crippen LogP contribution in [-0.4, -0.2) is 6.54 Å². The molecule has 0 aliphatic carbocycles. The van der Waals surface area contributed by atoms with Crippen molar-refractivity contribution in [2.75, 3.05) is 6.54 Å². The summed E-state index contributed by atoms with van der Waals surface area (Å²) in [6, 6.07) is 13.4. The van der Waals surface area contributed by atoms with Gasteiger partial charge in [0.25, 0.3) is 0 Å². The van der Waals surface area contributed by atoms with Gasteiger partial charge in [-0.2, -0.15) is 0 Å². The summed E-state index contributed by atoms with van der Waals surface area (Å²) in [4.78, 5) is 2.28. The van der Waals surface area contributed by atoms with Crippen LogP contribution in [0.2, 0.25) is 0 Å². The number of rotatable bonds is 5. The molecule has 0 saturated heterocycles. The Hall–Kier alpha value is -1.32. The van der Waals surface area contributed by atoms with Gasteiger partial charge in [-0.3, -0.25) is 0 Å². The van der Waals surface area contributed by atoms with E-state index in [1.807, 2.05) is 13.0 Å². The molecule has 2 rings (SSSR count). The molecule has 0 heterocycles. The average molecular weight is 275 g/mol. The highest BCUT2D eigenvalue weighted by Crippen LogP contribution is 2.31. The van der Waals surface area contributed by atoms with Crippen LogP contribution in [0.15, 0.2) is 52.3 Å². The lowest BCUT2D eigenvalue weighted by Gasteiger charge is -2.10. The Labute approximate surface area is 118 Å². The van der Waals surface area contributed by atoms with Crippen molar-refractivity contribution in [3.63, 3.8) is 0 Å². The summed E-state index contributed by atoms with van der Waals surface area (Å²) in [5.74, 6) is -0.179. The van der Waals surface area contributed by atoms with E-state index in [2.05, 4.69) is 36.5 Å². The van der Waals surface area contributed by atoms with Crippen LogP contribution in [0, 0.1) is 12.7 Å². The van der Waals surface area contributed by atoms with Crippen LogP contribution in [0.4, 0.5) is 4.39 Å². The molecule has 0 aliphatic heterocycles. The molecule has 0 atom stereocenters. The van der Waals surface area contributed by atoms with Gasteiger partial charge in [0.05, 0.1) is 0 Å². The van der Waals surface area contributed by atoms with E-state index in [0.29, 0.717) is 6.54 Å². The van der Waals surface area contributed by atoms with Crippen molar-refractivity contribution < 1.29 is 4.39 Å². The van der Waals surface area contributed by atoms with Gasteiger partial charge in [-0.1, -0.05) is 36.4 Å². The SMILES string of the molecule is CCNCc1cc(F)ccc1Sc1ccc(C)cc1. The highest BCUT2D eigenvalue weighted by atomic mass is 32.2. The second kappa shape index (κ2) is 6.73. The van der Waals surface area contributed by atoms with E-state index in [1.165, 1.54) is 16.5 Å². The van der Waals surface area contributed by atoms with Gasteiger partial charge >= 0.3 is 0 Å². The molecule has 100 valence electrons. The standard InChI is InChI=1S/C16H18FNS/c1-3-18-11-13-10-14(17)6-9-16(13)19-15-7-4-12(2)5-8-15/h4-10,18H,3,11H2,1-2H3.